The minimum absolute atomic E-state index is 0.0402. The molecule has 0 N–H and O–H groups in total. The quantitative estimate of drug-likeness (QED) is 0.328. The van der Waals surface area contributed by atoms with Crippen LogP contribution in [0.3, 0.4) is 0 Å². The summed E-state index contributed by atoms with van der Waals surface area (Å²) in [4.78, 5) is 10.0. The first-order valence-electron chi connectivity index (χ1n) is 5.67. The number of non-ortho nitro benzene ring substituents is 1. The molecule has 0 fully saturated rings. The third-order valence-corrected chi connectivity index (χ3v) is 2.40. The summed E-state index contributed by atoms with van der Waals surface area (Å²) in [6, 6.07) is 5.94. The topological polar surface area (TPSA) is 70.8 Å². The first-order valence-corrected chi connectivity index (χ1v) is 5.67. The molecule has 0 amide bonds. The molecule has 1 aromatic carbocycles. The second-order valence-corrected chi connectivity index (χ2v) is 3.89. The summed E-state index contributed by atoms with van der Waals surface area (Å²) in [5.41, 5.74) is 0.977. The molecule has 0 bridgehead atoms. The standard InChI is InChI=1S/C13H17NO5/c1-10(8-13(17-2)18-3)9-19-12-6-4-11(5-7-12)14(15)16/h4-8,13H,9H2,1-3H3/b10-8-. The average Bonchev–Trinajstić information content (AvgIpc) is 2.43. The van der Waals surface area contributed by atoms with E-state index in [4.69, 9.17) is 14.2 Å². The van der Waals surface area contributed by atoms with Crippen molar-refractivity contribution in [3.05, 3.63) is 46.0 Å². The molecule has 0 radical (unpaired) electrons. The van der Waals surface area contributed by atoms with E-state index in [0.717, 1.165) is 5.57 Å². The normalized spacial score (nSPS) is 11.7. The van der Waals surface area contributed by atoms with E-state index in [2.05, 4.69) is 0 Å². The summed E-state index contributed by atoms with van der Waals surface area (Å²) in [6.45, 7) is 2.25. The van der Waals surface area contributed by atoms with Gasteiger partial charge in [-0.3, -0.25) is 10.1 Å². The molecule has 104 valence electrons. The van der Waals surface area contributed by atoms with Crippen LogP contribution < -0.4 is 4.74 Å². The van der Waals surface area contributed by atoms with Crippen LogP contribution in [0.1, 0.15) is 6.92 Å². The maximum atomic E-state index is 10.5. The lowest BCUT2D eigenvalue weighted by Crippen LogP contribution is -2.11. The van der Waals surface area contributed by atoms with Gasteiger partial charge in [-0.2, -0.15) is 0 Å². The molecule has 0 aromatic heterocycles. The van der Waals surface area contributed by atoms with E-state index >= 15 is 0 Å². The highest BCUT2D eigenvalue weighted by Gasteiger charge is 2.05. The van der Waals surface area contributed by atoms with Gasteiger partial charge in [0.25, 0.3) is 5.69 Å². The zero-order chi connectivity index (χ0) is 14.3. The van der Waals surface area contributed by atoms with Crippen LogP contribution in [0.2, 0.25) is 0 Å². The van der Waals surface area contributed by atoms with Gasteiger partial charge in [-0.1, -0.05) is 0 Å². The fourth-order valence-electron chi connectivity index (χ4n) is 1.37. The third kappa shape index (κ3) is 5.07. The van der Waals surface area contributed by atoms with E-state index in [0.29, 0.717) is 12.4 Å². The van der Waals surface area contributed by atoms with Gasteiger partial charge >= 0.3 is 0 Å². The Kier molecular flexibility index (Phi) is 5.98. The second kappa shape index (κ2) is 7.50. The molecule has 0 aliphatic rings. The Morgan fingerprint density at radius 2 is 1.89 bits per heavy atom. The number of methoxy groups -OCH3 is 2. The predicted octanol–water partition coefficient (Wildman–Crippen LogP) is 2.54. The minimum Gasteiger partial charge on any atom is -0.489 e. The Labute approximate surface area is 111 Å². The van der Waals surface area contributed by atoms with Gasteiger partial charge in [0.1, 0.15) is 12.4 Å². The molecule has 0 aliphatic carbocycles. The Bertz CT molecular complexity index is 437. The van der Waals surface area contributed by atoms with Crippen molar-refractivity contribution in [2.75, 3.05) is 20.8 Å². The average molecular weight is 267 g/mol. The molecule has 0 atom stereocenters. The summed E-state index contributed by atoms with van der Waals surface area (Å²) in [7, 11) is 3.10. The number of benzene rings is 1. The van der Waals surface area contributed by atoms with Crippen LogP contribution in [0.5, 0.6) is 5.75 Å². The van der Waals surface area contributed by atoms with Crippen LogP contribution in [0.15, 0.2) is 35.9 Å². The van der Waals surface area contributed by atoms with Gasteiger partial charge in [-0.05, 0) is 30.7 Å². The van der Waals surface area contributed by atoms with E-state index < -0.39 is 11.2 Å². The summed E-state index contributed by atoms with van der Waals surface area (Å²) >= 11 is 0. The molecule has 6 nitrogen and oxygen atoms in total. The van der Waals surface area contributed by atoms with Crippen LogP contribution in [-0.4, -0.2) is 32.0 Å². The van der Waals surface area contributed by atoms with Crippen molar-refractivity contribution in [3.8, 4) is 5.75 Å². The lowest BCUT2D eigenvalue weighted by Gasteiger charge is -2.11. The first kappa shape index (κ1) is 15.1. The summed E-state index contributed by atoms with van der Waals surface area (Å²) in [5, 5.41) is 10.5. The van der Waals surface area contributed by atoms with E-state index in [1.54, 1.807) is 32.4 Å². The smallest absolute Gasteiger partial charge is 0.269 e. The fraction of sp³-hybridized carbons (Fsp3) is 0.385. The van der Waals surface area contributed by atoms with Crippen LogP contribution in [0.4, 0.5) is 5.69 Å². The SMILES string of the molecule is COC(/C=C(/C)COc1ccc([N+](=O)[O-])cc1)OC. The van der Waals surface area contributed by atoms with E-state index in [1.165, 1.54) is 12.1 Å². The zero-order valence-corrected chi connectivity index (χ0v) is 11.2. The number of ether oxygens (including phenoxy) is 3. The van der Waals surface area contributed by atoms with Crippen molar-refractivity contribution in [1.29, 1.82) is 0 Å². The summed E-state index contributed by atoms with van der Waals surface area (Å²) in [5.74, 6) is 0.574. The second-order valence-electron chi connectivity index (χ2n) is 3.89. The molecule has 19 heavy (non-hydrogen) atoms. The third-order valence-electron chi connectivity index (χ3n) is 2.40. The summed E-state index contributed by atoms with van der Waals surface area (Å²) in [6.07, 6.45) is 1.39. The van der Waals surface area contributed by atoms with Crippen molar-refractivity contribution < 1.29 is 19.1 Å². The minimum atomic E-state index is -0.448. The van der Waals surface area contributed by atoms with Crippen molar-refractivity contribution >= 4 is 5.69 Å². The lowest BCUT2D eigenvalue weighted by atomic mass is 10.3. The highest BCUT2D eigenvalue weighted by Crippen LogP contribution is 2.17. The molecule has 0 heterocycles. The van der Waals surface area contributed by atoms with Crippen molar-refractivity contribution in [1.82, 2.24) is 0 Å². The Morgan fingerprint density at radius 3 is 2.37 bits per heavy atom. The van der Waals surface area contributed by atoms with E-state index in [9.17, 15) is 10.1 Å². The lowest BCUT2D eigenvalue weighted by molar-refractivity contribution is -0.384. The predicted molar refractivity (Wildman–Crippen MR) is 70.2 cm³/mol. The molecule has 1 aromatic rings. The summed E-state index contributed by atoms with van der Waals surface area (Å²) < 4.78 is 15.6. The number of nitrogens with zero attached hydrogens (tertiary/aromatic N) is 1. The van der Waals surface area contributed by atoms with Crippen LogP contribution >= 0.6 is 0 Å². The van der Waals surface area contributed by atoms with Gasteiger partial charge in [-0.25, -0.2) is 0 Å². The number of nitro benzene ring substituents is 1. The van der Waals surface area contributed by atoms with E-state index in [1.807, 2.05) is 6.92 Å². The van der Waals surface area contributed by atoms with Crippen molar-refractivity contribution in [2.45, 2.75) is 13.2 Å². The maximum absolute atomic E-state index is 10.5. The molecular formula is C13H17NO5. The highest BCUT2D eigenvalue weighted by atomic mass is 16.7. The van der Waals surface area contributed by atoms with Crippen molar-refractivity contribution in [2.24, 2.45) is 0 Å². The maximum Gasteiger partial charge on any atom is 0.269 e. The number of nitro groups is 1. The van der Waals surface area contributed by atoms with Gasteiger partial charge < -0.3 is 14.2 Å². The van der Waals surface area contributed by atoms with Gasteiger partial charge in [-0.15, -0.1) is 0 Å². The Hall–Kier alpha value is -1.92. The molecule has 0 saturated carbocycles. The van der Waals surface area contributed by atoms with Gasteiger partial charge in [0.2, 0.25) is 0 Å². The van der Waals surface area contributed by atoms with Gasteiger partial charge in [0, 0.05) is 26.4 Å². The molecular weight excluding hydrogens is 250 g/mol. The Morgan fingerprint density at radius 1 is 1.32 bits per heavy atom. The zero-order valence-electron chi connectivity index (χ0n) is 11.2. The molecule has 6 heteroatoms. The number of rotatable bonds is 7. The molecule has 0 spiro atoms. The molecule has 0 unspecified atom stereocenters. The molecule has 0 saturated heterocycles. The molecule has 1 rings (SSSR count). The largest absolute Gasteiger partial charge is 0.489 e. The van der Waals surface area contributed by atoms with E-state index in [-0.39, 0.29) is 5.69 Å². The highest BCUT2D eigenvalue weighted by molar-refractivity contribution is 5.36. The first-order chi connectivity index (χ1) is 9.06. The van der Waals surface area contributed by atoms with Crippen molar-refractivity contribution in [3.63, 3.8) is 0 Å². The number of hydrogen-bond donors (Lipinski definition) is 0. The molecule has 0 aliphatic heterocycles. The van der Waals surface area contributed by atoms with Crippen LogP contribution in [-0.2, 0) is 9.47 Å². The monoisotopic (exact) mass is 267 g/mol. The van der Waals surface area contributed by atoms with Gasteiger partial charge in [0.05, 0.1) is 4.92 Å². The van der Waals surface area contributed by atoms with Crippen LogP contribution in [0, 0.1) is 10.1 Å². The van der Waals surface area contributed by atoms with Gasteiger partial charge in [0.15, 0.2) is 6.29 Å². The number of hydrogen-bond acceptors (Lipinski definition) is 5. The Balaban J connectivity index is 2.54. The fourth-order valence-corrected chi connectivity index (χ4v) is 1.37. The van der Waals surface area contributed by atoms with Crippen LogP contribution in [0.25, 0.3) is 0 Å².